The standard InChI is InChI=1S/C27H23BrF3N5O4S/c1-4-21-34-24-14(2)11-20(26(37)32-3)33-25(24)36(21)12-17-15-9-10-40-13-18(15)23(28)22(17)16-7-5-6-8-19(16)35-41(38,39)27(29,30)31/h5-11,13,35H,4,12H2,1-3H3,(H,32,37). The fourth-order valence-corrected chi connectivity index (χ4v) is 6.11. The Balaban J connectivity index is 1.76. The predicted octanol–water partition coefficient (Wildman–Crippen LogP) is 6.10. The second kappa shape index (κ2) is 10.5. The maximum Gasteiger partial charge on any atom is 0.516 e. The van der Waals surface area contributed by atoms with Crippen molar-refractivity contribution in [3.63, 3.8) is 0 Å². The highest BCUT2D eigenvalue weighted by Crippen LogP contribution is 2.48. The number of pyridine rings is 1. The molecule has 1 aliphatic carbocycles. The van der Waals surface area contributed by atoms with Gasteiger partial charge in [-0.15, -0.1) is 0 Å². The molecule has 2 N–H and O–H groups in total. The molecular formula is C27H23BrF3N5O4S. The van der Waals surface area contributed by atoms with E-state index in [9.17, 15) is 26.4 Å². The molecule has 41 heavy (non-hydrogen) atoms. The Bertz CT molecular complexity index is 1880. The summed E-state index contributed by atoms with van der Waals surface area (Å²) in [5.41, 5.74) is -1.04. The van der Waals surface area contributed by atoms with Crippen molar-refractivity contribution in [1.29, 1.82) is 0 Å². The Morgan fingerprint density at radius 2 is 1.85 bits per heavy atom. The van der Waals surface area contributed by atoms with Crippen LogP contribution >= 0.6 is 15.9 Å². The second-order valence-corrected chi connectivity index (χ2v) is 11.7. The molecule has 0 saturated heterocycles. The Morgan fingerprint density at radius 1 is 1.12 bits per heavy atom. The van der Waals surface area contributed by atoms with Crippen LogP contribution in [0.5, 0.6) is 0 Å². The third-order valence-corrected chi connectivity index (χ3v) is 8.60. The number of carbonyl (C=O) groups excluding carboxylic acids is 1. The number of halogens is 4. The van der Waals surface area contributed by atoms with Gasteiger partial charge in [0.25, 0.3) is 5.91 Å². The SMILES string of the molecule is CCc1nc2c(C)cc(C(=O)NC)nc2n1Cc1c2ccocc-2c(Br)c1-c1ccccc1NS(=O)(=O)C(F)(F)F. The lowest BCUT2D eigenvalue weighted by Crippen LogP contribution is -2.30. The van der Waals surface area contributed by atoms with Crippen molar-refractivity contribution in [2.75, 3.05) is 11.8 Å². The number of aryl methyl sites for hydroxylation is 2. The van der Waals surface area contributed by atoms with E-state index >= 15 is 0 Å². The van der Waals surface area contributed by atoms with Crippen LogP contribution in [-0.2, 0) is 23.0 Å². The molecule has 1 aromatic carbocycles. The van der Waals surface area contributed by atoms with Gasteiger partial charge in [-0.1, -0.05) is 25.1 Å². The lowest BCUT2D eigenvalue weighted by atomic mass is 10.0. The van der Waals surface area contributed by atoms with Crippen molar-refractivity contribution in [3.8, 4) is 22.3 Å². The smallest absolute Gasteiger partial charge is 0.472 e. The summed E-state index contributed by atoms with van der Waals surface area (Å²) in [6.45, 7) is 3.91. The second-order valence-electron chi connectivity index (χ2n) is 9.19. The molecule has 2 aliphatic rings. The number of sulfonamides is 1. The Labute approximate surface area is 241 Å². The molecule has 0 bridgehead atoms. The highest BCUT2D eigenvalue weighted by Gasteiger charge is 2.46. The van der Waals surface area contributed by atoms with Crippen LogP contribution in [-0.4, -0.2) is 41.4 Å². The van der Waals surface area contributed by atoms with Gasteiger partial charge in [-0.05, 0) is 57.7 Å². The van der Waals surface area contributed by atoms with Crippen LogP contribution in [0.4, 0.5) is 18.9 Å². The van der Waals surface area contributed by atoms with Crippen LogP contribution < -0.4 is 10.0 Å². The number of alkyl halides is 3. The van der Waals surface area contributed by atoms with Crippen molar-refractivity contribution in [2.24, 2.45) is 0 Å². The van der Waals surface area contributed by atoms with Crippen molar-refractivity contribution in [1.82, 2.24) is 19.9 Å². The van der Waals surface area contributed by atoms with Gasteiger partial charge in [0.05, 0.1) is 24.8 Å². The van der Waals surface area contributed by atoms with E-state index in [-0.39, 0.29) is 29.4 Å². The molecule has 0 radical (unpaired) electrons. The molecule has 2 aromatic heterocycles. The number of aromatic nitrogens is 3. The lowest BCUT2D eigenvalue weighted by Gasteiger charge is -2.16. The number of hydrogen-bond acceptors (Lipinski definition) is 6. The molecule has 214 valence electrons. The number of carbonyl (C=O) groups is 1. The highest BCUT2D eigenvalue weighted by atomic mass is 79.9. The molecule has 1 aliphatic heterocycles. The normalized spacial score (nSPS) is 12.3. The van der Waals surface area contributed by atoms with Crippen LogP contribution in [0.2, 0.25) is 0 Å². The average Bonchev–Trinajstić information content (AvgIpc) is 3.43. The number of para-hydroxylation sites is 1. The maximum atomic E-state index is 13.3. The molecule has 14 heteroatoms. The van der Waals surface area contributed by atoms with Gasteiger partial charge >= 0.3 is 15.5 Å². The Kier molecular flexibility index (Phi) is 7.32. The van der Waals surface area contributed by atoms with Crippen LogP contribution in [0.15, 0.2) is 57.8 Å². The van der Waals surface area contributed by atoms with Gasteiger partial charge in [0.1, 0.15) is 17.0 Å². The van der Waals surface area contributed by atoms with Crippen LogP contribution in [0.25, 0.3) is 33.4 Å². The maximum absolute atomic E-state index is 13.3. The minimum atomic E-state index is -5.69. The predicted molar refractivity (Wildman–Crippen MR) is 151 cm³/mol. The van der Waals surface area contributed by atoms with E-state index in [0.717, 1.165) is 11.1 Å². The number of imidazole rings is 1. The molecule has 0 atom stereocenters. The minimum absolute atomic E-state index is 0.158. The topological polar surface area (TPSA) is 119 Å². The van der Waals surface area contributed by atoms with Crippen LogP contribution in [0, 0.1) is 6.92 Å². The summed E-state index contributed by atoms with van der Waals surface area (Å²) in [5.74, 6) is 0.309. The van der Waals surface area contributed by atoms with Crippen molar-refractivity contribution < 1.29 is 30.8 Å². The van der Waals surface area contributed by atoms with Gasteiger partial charge in [0.15, 0.2) is 5.65 Å². The Hall–Kier alpha value is -3.91. The fraction of sp³-hybridized carbons (Fsp3) is 0.222. The number of hydrogen-bond donors (Lipinski definition) is 2. The van der Waals surface area contributed by atoms with E-state index in [0.29, 0.717) is 44.6 Å². The minimum Gasteiger partial charge on any atom is -0.472 e. The number of fused-ring (bicyclic) bond motifs is 2. The lowest BCUT2D eigenvalue weighted by molar-refractivity contribution is -0.0429. The van der Waals surface area contributed by atoms with Gasteiger partial charge in [-0.25, -0.2) is 9.97 Å². The van der Waals surface area contributed by atoms with E-state index in [4.69, 9.17) is 9.40 Å². The molecule has 3 aromatic rings. The monoisotopic (exact) mass is 649 g/mol. The van der Waals surface area contributed by atoms with Crippen molar-refractivity contribution in [3.05, 3.63) is 76.0 Å². The van der Waals surface area contributed by atoms with E-state index in [2.05, 4.69) is 26.2 Å². The first-order valence-electron chi connectivity index (χ1n) is 12.3. The average molecular weight is 650 g/mol. The third kappa shape index (κ3) is 4.95. The number of benzene rings is 1. The van der Waals surface area contributed by atoms with Gasteiger partial charge in [0, 0.05) is 34.6 Å². The van der Waals surface area contributed by atoms with E-state index in [1.165, 1.54) is 37.8 Å². The zero-order valence-electron chi connectivity index (χ0n) is 21.9. The zero-order valence-corrected chi connectivity index (χ0v) is 24.3. The summed E-state index contributed by atoms with van der Waals surface area (Å²) in [6, 6.07) is 9.22. The molecule has 3 heterocycles. The summed E-state index contributed by atoms with van der Waals surface area (Å²) in [5, 5.41) is 2.57. The first kappa shape index (κ1) is 28.6. The van der Waals surface area contributed by atoms with Gasteiger partial charge < -0.3 is 14.3 Å². The van der Waals surface area contributed by atoms with Gasteiger partial charge in [-0.2, -0.15) is 21.6 Å². The number of rotatable bonds is 7. The number of nitrogens with zero attached hydrogens (tertiary/aromatic N) is 3. The van der Waals surface area contributed by atoms with E-state index < -0.39 is 15.5 Å². The summed E-state index contributed by atoms with van der Waals surface area (Å²) in [7, 11) is -4.19. The molecule has 0 spiro atoms. The zero-order chi connectivity index (χ0) is 29.7. The largest absolute Gasteiger partial charge is 0.516 e. The third-order valence-electron chi connectivity index (χ3n) is 6.68. The van der Waals surface area contributed by atoms with Crippen LogP contribution in [0.3, 0.4) is 0 Å². The van der Waals surface area contributed by atoms with Gasteiger partial charge in [0.2, 0.25) is 0 Å². The molecule has 9 nitrogen and oxygen atoms in total. The number of anilines is 1. The fourth-order valence-electron chi connectivity index (χ4n) is 4.77. The molecule has 0 saturated carbocycles. The first-order chi connectivity index (χ1) is 19.4. The van der Waals surface area contributed by atoms with Gasteiger partial charge in [-0.3, -0.25) is 9.52 Å². The Morgan fingerprint density at radius 3 is 2.54 bits per heavy atom. The van der Waals surface area contributed by atoms with E-state index in [1.54, 1.807) is 22.9 Å². The summed E-state index contributed by atoms with van der Waals surface area (Å²) < 4.78 is 73.4. The summed E-state index contributed by atoms with van der Waals surface area (Å²) in [6.07, 6.45) is 3.49. The molecule has 5 rings (SSSR count). The number of amides is 1. The van der Waals surface area contributed by atoms with Crippen molar-refractivity contribution in [2.45, 2.75) is 32.3 Å². The van der Waals surface area contributed by atoms with Crippen LogP contribution in [0.1, 0.15) is 34.4 Å². The quantitative estimate of drug-likeness (QED) is 0.220. The highest BCUT2D eigenvalue weighted by molar-refractivity contribution is 9.10. The molecule has 0 unspecified atom stereocenters. The van der Waals surface area contributed by atoms with E-state index in [1.807, 2.05) is 18.4 Å². The first-order valence-corrected chi connectivity index (χ1v) is 14.6. The number of nitrogens with one attached hydrogen (secondary N) is 2. The summed E-state index contributed by atoms with van der Waals surface area (Å²) >= 11 is 3.58. The molecular weight excluding hydrogens is 627 g/mol. The van der Waals surface area contributed by atoms with Crippen molar-refractivity contribution >= 4 is 48.7 Å². The molecule has 0 fully saturated rings. The molecule has 1 amide bonds. The summed E-state index contributed by atoms with van der Waals surface area (Å²) in [4.78, 5) is 21.8.